The molecule has 6 rings (SSSR count). The van der Waals surface area contributed by atoms with Crippen LogP contribution in [-0.4, -0.2) is 128 Å². The highest BCUT2D eigenvalue weighted by atomic mass is 32.2. The van der Waals surface area contributed by atoms with Crippen molar-refractivity contribution in [1.29, 1.82) is 0 Å². The molecule has 0 heterocycles. The first-order valence-corrected chi connectivity index (χ1v) is 33.7. The molecule has 10 amide bonds. The van der Waals surface area contributed by atoms with E-state index in [1.54, 1.807) is 88.4 Å². The Balaban J connectivity index is 0.000000373. The topological polar surface area (TPSA) is 385 Å². The molecule has 0 aliphatic carbocycles. The first-order valence-electron chi connectivity index (χ1n) is 31.6. The Hall–Kier alpha value is -10.9. The van der Waals surface area contributed by atoms with E-state index in [-0.39, 0.29) is 23.7 Å². The number of ketones is 2. The molecule has 12 N–H and O–H groups in total. The zero-order chi connectivity index (χ0) is 71.8. The molecule has 0 bridgehead atoms. The average Bonchev–Trinajstić information content (AvgIpc) is 0.868. The van der Waals surface area contributed by atoms with Crippen molar-refractivity contribution in [2.75, 3.05) is 25.1 Å². The lowest BCUT2D eigenvalue weighted by Gasteiger charge is -2.25. The standard InChI is InChI=1S/C40H51N7O9S.C31H36N6O4/c1-7-17-30(42-36(50)31(25-57(6,54)55)43-39(53)56-40(3,4)5)35(37(51)41-24-32(49)44-33(26(2)48)27-18-11-8-12-19-27)46-47-38(52)45-34(28-20-13-9-14-21-28)29-22-15-10-16-23-29;1-3-13-25(32)29(30(40)33-20-26(39)34-27(21(2)38)22-14-7-4-8-15-22)36-37-31(41)35-28(23-16-9-5-10-17-23)24-18-11-6-12-19-24/h8-16,18-23,30-31,33-34H,7,17,24-25H2,1-6H3,(H,41,51)(H,42,50)(H,43,53)(H,44,49)(H2,45,47,52);4-12,14-19,25,27-28H,3,13,20,32H2,1-2H3,(H,33,40)(H,34,39)(H2,35,37,41)/t30-,31-,33+;25-,27+/m00/s1. The summed E-state index contributed by atoms with van der Waals surface area (Å²) in [6.45, 7) is 10.0. The van der Waals surface area contributed by atoms with Crippen LogP contribution in [0.4, 0.5) is 14.4 Å². The van der Waals surface area contributed by atoms with E-state index in [1.807, 2.05) is 128 Å². The van der Waals surface area contributed by atoms with Crippen molar-refractivity contribution in [2.45, 2.75) is 122 Å². The number of urea groups is 2. The summed E-state index contributed by atoms with van der Waals surface area (Å²) >= 11 is 0. The number of hydrazone groups is 2. The maximum Gasteiger partial charge on any atom is 0.408 e. The summed E-state index contributed by atoms with van der Waals surface area (Å²) in [6.07, 6.45) is 1.32. The number of Topliss-reactive ketones (excluding diaryl/α,β-unsaturated/α-hetero) is 2. The summed E-state index contributed by atoms with van der Waals surface area (Å²) in [5.74, 6) is -5.38. The molecule has 6 aromatic carbocycles. The number of rotatable bonds is 31. The Morgan fingerprint density at radius 2 is 0.796 bits per heavy atom. The molecule has 0 unspecified atom stereocenters. The third-order valence-corrected chi connectivity index (χ3v) is 15.2. The van der Waals surface area contributed by atoms with Gasteiger partial charge in [-0.25, -0.2) is 33.7 Å². The zero-order valence-electron chi connectivity index (χ0n) is 56.0. The van der Waals surface area contributed by atoms with Gasteiger partial charge in [0.1, 0.15) is 45.0 Å². The second-order valence-electron chi connectivity index (χ2n) is 23.6. The van der Waals surface area contributed by atoms with Gasteiger partial charge in [-0.2, -0.15) is 10.2 Å². The van der Waals surface area contributed by atoms with Crippen molar-refractivity contribution in [1.82, 2.24) is 53.4 Å². The van der Waals surface area contributed by atoms with Crippen molar-refractivity contribution < 1.29 is 61.1 Å². The Bertz CT molecular complexity index is 3730. The van der Waals surface area contributed by atoms with E-state index in [9.17, 15) is 56.4 Å². The van der Waals surface area contributed by atoms with Crippen LogP contribution in [0.3, 0.4) is 0 Å². The van der Waals surface area contributed by atoms with Gasteiger partial charge < -0.3 is 53.0 Å². The van der Waals surface area contributed by atoms with E-state index in [4.69, 9.17) is 10.5 Å². The van der Waals surface area contributed by atoms with Gasteiger partial charge in [-0.05, 0) is 80.8 Å². The monoisotopic (exact) mass is 1360 g/mol. The van der Waals surface area contributed by atoms with Crippen LogP contribution in [0.5, 0.6) is 0 Å². The molecule has 0 aliphatic rings. The average molecular weight is 1360 g/mol. The molecule has 98 heavy (non-hydrogen) atoms. The fraction of sp³-hybridized carbons (Fsp3) is 0.324. The van der Waals surface area contributed by atoms with Crippen LogP contribution in [0.2, 0.25) is 0 Å². The first kappa shape index (κ1) is 77.8. The highest BCUT2D eigenvalue weighted by molar-refractivity contribution is 7.90. The van der Waals surface area contributed by atoms with Crippen LogP contribution in [-0.2, 0) is 48.1 Å². The maximum absolute atomic E-state index is 13.8. The normalized spacial score (nSPS) is 13.0. The second-order valence-corrected chi connectivity index (χ2v) is 25.8. The lowest BCUT2D eigenvalue weighted by atomic mass is 9.99. The predicted molar refractivity (Wildman–Crippen MR) is 372 cm³/mol. The predicted octanol–water partition coefficient (Wildman–Crippen LogP) is 6.34. The van der Waals surface area contributed by atoms with E-state index < -0.39 is 130 Å². The van der Waals surface area contributed by atoms with E-state index in [0.29, 0.717) is 30.4 Å². The molecule has 0 radical (unpaired) electrons. The van der Waals surface area contributed by atoms with Gasteiger partial charge in [0.25, 0.3) is 11.8 Å². The Labute approximate surface area is 570 Å². The summed E-state index contributed by atoms with van der Waals surface area (Å²) in [5.41, 5.74) is 13.7. The van der Waals surface area contributed by atoms with Crippen molar-refractivity contribution in [3.05, 3.63) is 215 Å². The van der Waals surface area contributed by atoms with Crippen LogP contribution >= 0.6 is 0 Å². The van der Waals surface area contributed by atoms with E-state index >= 15 is 0 Å². The lowest BCUT2D eigenvalue weighted by molar-refractivity contribution is -0.127. The highest BCUT2D eigenvalue weighted by Gasteiger charge is 2.33. The summed E-state index contributed by atoms with van der Waals surface area (Å²) in [5, 5.41) is 28.9. The second kappa shape index (κ2) is 39.2. The molecule has 26 nitrogen and oxygen atoms in total. The van der Waals surface area contributed by atoms with Crippen molar-refractivity contribution in [3.63, 3.8) is 0 Å². The van der Waals surface area contributed by atoms with Crippen LogP contribution in [0.15, 0.2) is 192 Å². The molecule has 0 aromatic heterocycles. The number of nitrogens with two attached hydrogens (primary N) is 1. The minimum absolute atomic E-state index is 0.0442. The smallest absolute Gasteiger partial charge is 0.408 e. The Kier molecular flexibility index (Phi) is 31.1. The molecule has 6 aromatic rings. The number of nitrogens with zero attached hydrogens (tertiary/aromatic N) is 2. The van der Waals surface area contributed by atoms with Crippen molar-refractivity contribution >= 4 is 80.5 Å². The van der Waals surface area contributed by atoms with Crippen LogP contribution in [0, 0.1) is 0 Å². The van der Waals surface area contributed by atoms with Gasteiger partial charge in [-0.15, -0.1) is 0 Å². The molecular formula is C71H87N13O13S. The van der Waals surface area contributed by atoms with Gasteiger partial charge in [-0.3, -0.25) is 33.6 Å². The fourth-order valence-corrected chi connectivity index (χ4v) is 10.6. The van der Waals surface area contributed by atoms with E-state index in [2.05, 4.69) is 63.6 Å². The van der Waals surface area contributed by atoms with Crippen LogP contribution in [0.25, 0.3) is 0 Å². The maximum atomic E-state index is 13.8. The van der Waals surface area contributed by atoms with Gasteiger partial charge in [0.05, 0.1) is 43.0 Å². The summed E-state index contributed by atoms with van der Waals surface area (Å²) in [4.78, 5) is 130. The quantitative estimate of drug-likeness (QED) is 0.0167. The Morgan fingerprint density at radius 3 is 1.12 bits per heavy atom. The van der Waals surface area contributed by atoms with Crippen LogP contribution in [0.1, 0.15) is 132 Å². The molecule has 0 saturated carbocycles. The largest absolute Gasteiger partial charge is 0.444 e. The fourth-order valence-electron chi connectivity index (χ4n) is 9.72. The summed E-state index contributed by atoms with van der Waals surface area (Å²) in [7, 11) is -3.85. The molecule has 0 saturated heterocycles. The number of hydrogen-bond acceptors (Lipinski definition) is 16. The zero-order valence-corrected chi connectivity index (χ0v) is 56.8. The number of carbonyl (C=O) groups excluding carboxylic acids is 10. The highest BCUT2D eigenvalue weighted by Crippen LogP contribution is 2.24. The number of amides is 10. The number of alkyl carbamates (subject to hydrolysis) is 1. The molecule has 5 atom stereocenters. The lowest BCUT2D eigenvalue weighted by Crippen LogP contribution is -2.57. The summed E-state index contributed by atoms with van der Waals surface area (Å²) in [6, 6.07) is 46.3. The molecule has 27 heteroatoms. The van der Waals surface area contributed by atoms with Gasteiger partial charge in [0.2, 0.25) is 17.7 Å². The minimum atomic E-state index is -3.85. The van der Waals surface area contributed by atoms with Crippen molar-refractivity contribution in [3.8, 4) is 0 Å². The van der Waals surface area contributed by atoms with Gasteiger partial charge in [0.15, 0.2) is 11.6 Å². The SMILES string of the molecule is CCC[C@H](N)C(=NNC(=O)NC(c1ccccc1)c1ccccc1)C(=O)NCC(=O)N[C@H](C(C)=O)c1ccccc1.CCC[C@H](NC(=O)[C@H](CS(C)(=O)=O)NC(=O)OC(C)(C)C)C(=NNC(=O)NC(c1ccccc1)c1ccccc1)C(=O)NCC(=O)N[C@H](C(C)=O)c1ccccc1. The number of ether oxygens (including phenoxy) is 1. The molecule has 520 valence electrons. The van der Waals surface area contributed by atoms with E-state index in [1.165, 1.54) is 13.8 Å². The molecule has 0 aliphatic heterocycles. The van der Waals surface area contributed by atoms with Gasteiger partial charge >= 0.3 is 18.2 Å². The van der Waals surface area contributed by atoms with Crippen LogP contribution < -0.4 is 59.1 Å². The number of hydrogen-bond donors (Lipinski definition) is 11. The Morgan fingerprint density at radius 1 is 0.459 bits per heavy atom. The third-order valence-electron chi connectivity index (χ3n) is 14.3. The number of carbonyl (C=O) groups is 10. The number of benzene rings is 6. The van der Waals surface area contributed by atoms with Crippen molar-refractivity contribution in [2.24, 2.45) is 15.9 Å². The third kappa shape index (κ3) is 27.1. The van der Waals surface area contributed by atoms with Gasteiger partial charge in [0, 0.05) is 6.26 Å². The number of sulfone groups is 1. The molecule has 0 spiro atoms. The van der Waals surface area contributed by atoms with Gasteiger partial charge in [-0.1, -0.05) is 209 Å². The summed E-state index contributed by atoms with van der Waals surface area (Å²) < 4.78 is 29.9. The molecule has 0 fully saturated rings. The first-order chi connectivity index (χ1) is 46.7. The van der Waals surface area contributed by atoms with E-state index in [0.717, 1.165) is 28.5 Å². The molecular weight excluding hydrogens is 1270 g/mol. The number of nitrogens with one attached hydrogen (secondary N) is 10. The minimum Gasteiger partial charge on any atom is -0.444 e.